The number of hydrogen-bond donors (Lipinski definition) is 0. The van der Waals surface area contributed by atoms with Gasteiger partial charge in [-0.05, 0) is 6.07 Å². The van der Waals surface area contributed by atoms with E-state index in [2.05, 4.69) is 9.47 Å². The van der Waals surface area contributed by atoms with Crippen molar-refractivity contribution in [1.29, 1.82) is 0 Å². The van der Waals surface area contributed by atoms with E-state index in [-0.39, 0.29) is 12.3 Å². The Morgan fingerprint density at radius 3 is 2.17 bits per heavy atom. The number of nitrogens with zero attached hydrogens (tertiary/aromatic N) is 3. The Morgan fingerprint density at radius 2 is 1.71 bits per heavy atom. The molecule has 0 saturated carbocycles. The Balaban J connectivity index is 2.32. The summed E-state index contributed by atoms with van der Waals surface area (Å²) in [4.78, 5) is 48.8. The third-order valence-corrected chi connectivity index (χ3v) is 3.30. The molecule has 1 atom stereocenters. The van der Waals surface area contributed by atoms with Crippen LogP contribution >= 0.6 is 0 Å². The summed E-state index contributed by atoms with van der Waals surface area (Å²) in [5, 5.41) is 22.6. The van der Waals surface area contributed by atoms with Crippen LogP contribution < -0.4 is 4.84 Å². The van der Waals surface area contributed by atoms with Gasteiger partial charge in [0, 0.05) is 6.07 Å². The normalized spacial score (nSPS) is 17.5. The highest BCUT2D eigenvalue weighted by atomic mass is 16.7. The van der Waals surface area contributed by atoms with E-state index in [1.54, 1.807) is 0 Å². The van der Waals surface area contributed by atoms with E-state index >= 15 is 0 Å². The highest BCUT2D eigenvalue weighted by Crippen LogP contribution is 2.39. The van der Waals surface area contributed by atoms with E-state index in [0.29, 0.717) is 6.07 Å². The zero-order valence-corrected chi connectivity index (χ0v) is 12.5. The van der Waals surface area contributed by atoms with Crippen LogP contribution in [-0.2, 0) is 19.1 Å². The maximum absolute atomic E-state index is 11.8. The third kappa shape index (κ3) is 2.69. The summed E-state index contributed by atoms with van der Waals surface area (Å²) < 4.78 is 9.02. The molecule has 0 N–H and O–H groups in total. The summed E-state index contributed by atoms with van der Waals surface area (Å²) in [5.74, 6) is -2.29. The fraction of sp³-hybridized carbons (Fsp3) is 0.333. The average molecular weight is 341 g/mol. The van der Waals surface area contributed by atoms with Gasteiger partial charge in [0.15, 0.2) is 0 Å². The van der Waals surface area contributed by atoms with Gasteiger partial charge in [-0.1, -0.05) is 0 Å². The molecule has 0 aromatic heterocycles. The molecular weight excluding hydrogens is 330 g/mol. The lowest BCUT2D eigenvalue weighted by Crippen LogP contribution is -2.41. The van der Waals surface area contributed by atoms with Crippen molar-refractivity contribution in [3.8, 4) is 5.75 Å². The van der Waals surface area contributed by atoms with Crippen molar-refractivity contribution in [3.05, 3.63) is 38.4 Å². The van der Waals surface area contributed by atoms with Crippen molar-refractivity contribution < 1.29 is 33.7 Å². The smallest absolute Gasteiger partial charge is 0.342 e. The predicted molar refractivity (Wildman–Crippen MR) is 73.8 cm³/mol. The van der Waals surface area contributed by atoms with Crippen molar-refractivity contribution >= 4 is 23.3 Å². The van der Waals surface area contributed by atoms with Gasteiger partial charge in [0.1, 0.15) is 0 Å². The minimum Gasteiger partial charge on any atom is -0.467 e. The molecule has 12 nitrogen and oxygen atoms in total. The number of benzene rings is 1. The number of methoxy groups -OCH3 is 2. The number of hydrogen-bond acceptors (Lipinski definition) is 10. The summed E-state index contributed by atoms with van der Waals surface area (Å²) in [7, 11) is 2.11. The Labute approximate surface area is 133 Å². The zero-order chi connectivity index (χ0) is 18.1. The predicted octanol–water partition coefficient (Wildman–Crippen LogP) is 0.197. The maximum atomic E-state index is 11.8. The van der Waals surface area contributed by atoms with Crippen LogP contribution in [0.15, 0.2) is 18.2 Å². The van der Waals surface area contributed by atoms with Crippen LogP contribution in [0, 0.1) is 20.2 Å². The van der Waals surface area contributed by atoms with Gasteiger partial charge in [0.2, 0.25) is 5.75 Å². The minimum atomic E-state index is -1.86. The number of nitro groups is 2. The molecular formula is C12H11N3O9. The molecule has 1 unspecified atom stereocenters. The van der Waals surface area contributed by atoms with Gasteiger partial charge < -0.3 is 14.3 Å². The molecule has 1 heterocycles. The first-order valence-corrected chi connectivity index (χ1v) is 6.33. The molecule has 24 heavy (non-hydrogen) atoms. The van der Waals surface area contributed by atoms with Crippen molar-refractivity contribution in [2.24, 2.45) is 0 Å². The minimum absolute atomic E-state index is 0.250. The number of ether oxygens (including phenoxy) is 2. The van der Waals surface area contributed by atoms with Crippen LogP contribution in [0.4, 0.5) is 11.4 Å². The monoisotopic (exact) mass is 341 g/mol. The summed E-state index contributed by atoms with van der Waals surface area (Å²) in [5.41, 5.74) is -3.06. The highest BCUT2D eigenvalue weighted by molar-refractivity contribution is 6.08. The van der Waals surface area contributed by atoms with Crippen LogP contribution in [0.2, 0.25) is 0 Å². The van der Waals surface area contributed by atoms with E-state index in [0.717, 1.165) is 31.4 Å². The average Bonchev–Trinajstić information content (AvgIpc) is 3.28. The number of hydroxylamine groups is 2. The molecule has 0 aliphatic carbocycles. The number of esters is 2. The van der Waals surface area contributed by atoms with E-state index in [4.69, 9.17) is 4.84 Å². The lowest BCUT2D eigenvalue weighted by Gasteiger charge is -2.13. The van der Waals surface area contributed by atoms with E-state index in [1.807, 2.05) is 0 Å². The molecule has 2 rings (SSSR count). The Hall–Kier alpha value is -3.28. The van der Waals surface area contributed by atoms with Gasteiger partial charge in [-0.25, -0.2) is 9.59 Å². The zero-order valence-electron chi connectivity index (χ0n) is 12.5. The molecule has 1 aromatic carbocycles. The van der Waals surface area contributed by atoms with Crippen LogP contribution in [0.1, 0.15) is 0 Å². The van der Waals surface area contributed by atoms with Crippen LogP contribution in [0.25, 0.3) is 0 Å². The quantitative estimate of drug-likeness (QED) is 0.230. The van der Waals surface area contributed by atoms with Crippen molar-refractivity contribution in [1.82, 2.24) is 5.06 Å². The molecule has 1 saturated heterocycles. The van der Waals surface area contributed by atoms with Gasteiger partial charge in [-0.2, -0.15) is 0 Å². The largest absolute Gasteiger partial charge is 0.467 e. The molecule has 1 aliphatic heterocycles. The molecule has 0 amide bonds. The summed E-state index contributed by atoms with van der Waals surface area (Å²) in [6.07, 6.45) is 0. The maximum Gasteiger partial charge on any atom is 0.342 e. The molecule has 0 radical (unpaired) electrons. The molecule has 12 heteroatoms. The number of carbonyl (C=O) groups is 2. The number of carbonyl (C=O) groups excluding carboxylic acids is 2. The number of non-ortho nitro benzene ring substituents is 1. The fourth-order valence-electron chi connectivity index (χ4n) is 1.99. The van der Waals surface area contributed by atoms with Gasteiger partial charge in [0.05, 0.1) is 36.7 Å². The highest BCUT2D eigenvalue weighted by Gasteiger charge is 2.70. The van der Waals surface area contributed by atoms with Crippen LogP contribution in [0.5, 0.6) is 5.75 Å². The van der Waals surface area contributed by atoms with Crippen LogP contribution in [-0.4, -0.2) is 53.2 Å². The summed E-state index contributed by atoms with van der Waals surface area (Å²) >= 11 is 0. The van der Waals surface area contributed by atoms with Gasteiger partial charge in [0.25, 0.3) is 11.2 Å². The van der Waals surface area contributed by atoms with Crippen molar-refractivity contribution in [2.45, 2.75) is 5.54 Å². The lowest BCUT2D eigenvalue weighted by atomic mass is 10.1. The Kier molecular flexibility index (Phi) is 4.33. The first kappa shape index (κ1) is 17.1. The molecule has 0 bridgehead atoms. The second kappa shape index (κ2) is 6.08. The second-order valence-electron chi connectivity index (χ2n) is 4.64. The molecule has 1 aromatic rings. The Morgan fingerprint density at radius 1 is 1.12 bits per heavy atom. The summed E-state index contributed by atoms with van der Waals surface area (Å²) in [6, 6.07) is 2.69. The first-order valence-electron chi connectivity index (χ1n) is 6.33. The lowest BCUT2D eigenvalue weighted by molar-refractivity contribution is -0.395. The van der Waals surface area contributed by atoms with Crippen molar-refractivity contribution in [2.75, 3.05) is 20.8 Å². The van der Waals surface area contributed by atoms with E-state index < -0.39 is 38.7 Å². The summed E-state index contributed by atoms with van der Waals surface area (Å²) in [6.45, 7) is -0.250. The van der Waals surface area contributed by atoms with Crippen LogP contribution in [0.3, 0.4) is 0 Å². The molecule has 128 valence electrons. The number of nitro benzene ring substituents is 2. The van der Waals surface area contributed by atoms with E-state index in [9.17, 15) is 29.8 Å². The third-order valence-electron chi connectivity index (χ3n) is 3.30. The SMILES string of the molecule is COC(=O)C1(C(=O)OC)CN1Oc1ccc([N+](=O)[O-])cc1[N+](=O)[O-]. The van der Waals surface area contributed by atoms with Gasteiger partial charge in [-0.3, -0.25) is 20.2 Å². The van der Waals surface area contributed by atoms with E-state index in [1.165, 1.54) is 0 Å². The number of rotatable bonds is 6. The van der Waals surface area contributed by atoms with Gasteiger partial charge >= 0.3 is 17.6 Å². The first-order chi connectivity index (χ1) is 11.3. The Bertz CT molecular complexity index is 716. The second-order valence-corrected chi connectivity index (χ2v) is 4.64. The van der Waals surface area contributed by atoms with Crippen molar-refractivity contribution in [3.63, 3.8) is 0 Å². The topological polar surface area (TPSA) is 151 Å². The molecule has 0 spiro atoms. The molecule has 1 fully saturated rings. The fourth-order valence-corrected chi connectivity index (χ4v) is 1.99. The van der Waals surface area contributed by atoms with Gasteiger partial charge in [-0.15, -0.1) is 5.06 Å². The standard InChI is InChI=1S/C12H11N3O9/c1-22-10(16)12(11(17)23-2)6-13(12)24-9-4-3-7(14(18)19)5-8(9)15(20)21/h3-5H,6H2,1-2H3. The molecule has 1 aliphatic rings.